The summed E-state index contributed by atoms with van der Waals surface area (Å²) >= 11 is 1.45. The van der Waals surface area contributed by atoms with E-state index in [9.17, 15) is 4.79 Å². The number of carbonyl (C=O) groups excluding carboxylic acids is 1. The van der Waals surface area contributed by atoms with E-state index >= 15 is 0 Å². The second-order valence-corrected chi connectivity index (χ2v) is 4.89. The van der Waals surface area contributed by atoms with E-state index in [0.717, 1.165) is 23.7 Å². The Balaban J connectivity index is 2.93. The molecule has 0 aliphatic rings. The molecule has 0 fully saturated rings. The number of aromatic nitrogens is 1. The third kappa shape index (κ3) is 3.51. The van der Waals surface area contributed by atoms with Crippen molar-refractivity contribution in [1.29, 1.82) is 0 Å². The molecule has 96 valence electrons. The highest BCUT2D eigenvalue weighted by Crippen LogP contribution is 2.26. The molecule has 1 aromatic rings. The summed E-state index contributed by atoms with van der Waals surface area (Å²) < 4.78 is 5.04. The molecule has 0 aliphatic heterocycles. The van der Waals surface area contributed by atoms with Crippen LogP contribution in [0.5, 0.6) is 0 Å². The zero-order valence-corrected chi connectivity index (χ0v) is 11.7. The molecule has 1 N–H and O–H groups in total. The average Bonchev–Trinajstić information content (AvgIpc) is 2.73. The van der Waals surface area contributed by atoms with E-state index in [1.165, 1.54) is 11.3 Å². The lowest BCUT2D eigenvalue weighted by Gasteiger charge is -2.05. The van der Waals surface area contributed by atoms with Crippen molar-refractivity contribution in [3.05, 3.63) is 15.6 Å². The predicted molar refractivity (Wildman–Crippen MR) is 69.8 cm³/mol. The van der Waals surface area contributed by atoms with Gasteiger partial charge in [0.25, 0.3) is 0 Å². The van der Waals surface area contributed by atoms with E-state index in [0.29, 0.717) is 17.4 Å². The second-order valence-electron chi connectivity index (χ2n) is 3.86. The van der Waals surface area contributed by atoms with Gasteiger partial charge in [-0.3, -0.25) is 0 Å². The molecular weight excluding hydrogens is 236 g/mol. The van der Waals surface area contributed by atoms with Crippen LogP contribution in [0, 0.1) is 0 Å². The van der Waals surface area contributed by atoms with Crippen LogP contribution in [0.4, 0.5) is 0 Å². The fraction of sp³-hybridized carbons (Fsp3) is 0.667. The number of carbonyl (C=O) groups is 1. The predicted octanol–water partition coefficient (Wildman–Crippen LogP) is 2.21. The van der Waals surface area contributed by atoms with Crippen LogP contribution < -0.4 is 5.32 Å². The number of hydrogen-bond acceptors (Lipinski definition) is 5. The lowest BCUT2D eigenvalue weighted by atomic mass is 10.2. The van der Waals surface area contributed by atoms with Crippen LogP contribution >= 0.6 is 11.3 Å². The minimum atomic E-state index is -0.246. The van der Waals surface area contributed by atoms with Crippen molar-refractivity contribution in [2.24, 2.45) is 0 Å². The van der Waals surface area contributed by atoms with E-state index in [-0.39, 0.29) is 5.97 Å². The number of aryl methyl sites for hydroxylation is 1. The highest BCUT2D eigenvalue weighted by molar-refractivity contribution is 7.13. The molecule has 1 atom stereocenters. The Kier molecular flexibility index (Phi) is 5.58. The molecule has 0 saturated carbocycles. The van der Waals surface area contributed by atoms with E-state index in [2.05, 4.69) is 17.2 Å². The molecule has 5 heteroatoms. The van der Waals surface area contributed by atoms with E-state index in [1.54, 1.807) is 0 Å². The first-order valence-electron chi connectivity index (χ1n) is 5.95. The van der Waals surface area contributed by atoms with Gasteiger partial charge < -0.3 is 10.1 Å². The summed E-state index contributed by atoms with van der Waals surface area (Å²) in [5.41, 5.74) is 0.853. The third-order valence-electron chi connectivity index (χ3n) is 2.44. The highest BCUT2D eigenvalue weighted by atomic mass is 32.1. The number of nitrogens with one attached hydrogen (secondary N) is 1. The van der Waals surface area contributed by atoms with E-state index in [4.69, 9.17) is 4.74 Å². The minimum absolute atomic E-state index is 0.246. The first-order valence-corrected chi connectivity index (χ1v) is 6.76. The minimum Gasteiger partial charge on any atom is -0.462 e. The molecule has 0 aromatic carbocycles. The van der Waals surface area contributed by atoms with Gasteiger partial charge in [-0.1, -0.05) is 13.8 Å². The van der Waals surface area contributed by atoms with Crippen LogP contribution in [-0.2, 0) is 11.2 Å². The lowest BCUT2D eigenvalue weighted by Crippen LogP contribution is -2.14. The Morgan fingerprint density at radius 3 is 2.76 bits per heavy atom. The molecule has 0 saturated heterocycles. The van der Waals surface area contributed by atoms with Gasteiger partial charge in [-0.2, -0.15) is 0 Å². The molecule has 1 heterocycles. The maximum absolute atomic E-state index is 11.8. The van der Waals surface area contributed by atoms with Crippen molar-refractivity contribution in [3.63, 3.8) is 0 Å². The lowest BCUT2D eigenvalue weighted by molar-refractivity contribution is 0.0530. The first-order chi connectivity index (χ1) is 8.13. The Hall–Kier alpha value is -0.940. The zero-order chi connectivity index (χ0) is 12.8. The number of nitrogens with zero attached hydrogens (tertiary/aromatic N) is 1. The summed E-state index contributed by atoms with van der Waals surface area (Å²) in [5, 5.41) is 4.12. The van der Waals surface area contributed by atoms with Gasteiger partial charge in [-0.25, -0.2) is 9.78 Å². The number of thiazole rings is 1. The molecule has 0 bridgehead atoms. The Bertz CT molecular complexity index is 377. The van der Waals surface area contributed by atoms with Crippen molar-refractivity contribution in [3.8, 4) is 0 Å². The van der Waals surface area contributed by atoms with Crippen LogP contribution in [0.15, 0.2) is 0 Å². The van der Waals surface area contributed by atoms with Crippen molar-refractivity contribution in [2.75, 3.05) is 20.2 Å². The van der Waals surface area contributed by atoms with Crippen LogP contribution in [0.25, 0.3) is 0 Å². The van der Waals surface area contributed by atoms with E-state index < -0.39 is 0 Å². The smallest absolute Gasteiger partial charge is 0.350 e. The summed E-state index contributed by atoms with van der Waals surface area (Å²) in [7, 11) is 1.91. The summed E-state index contributed by atoms with van der Waals surface area (Å²) in [4.78, 5) is 16.9. The number of ether oxygens (including phenoxy) is 1. The van der Waals surface area contributed by atoms with Gasteiger partial charge in [0.2, 0.25) is 0 Å². The SMILES string of the molecule is CCOC(=O)c1sc(C(C)CNC)nc1CC. The fourth-order valence-electron chi connectivity index (χ4n) is 1.57. The standard InChI is InChI=1S/C12H20N2O2S/c1-5-9-10(12(15)16-6-2)17-11(14-9)8(3)7-13-4/h8,13H,5-7H2,1-4H3. The molecule has 0 amide bonds. The Labute approximate surface area is 106 Å². The number of esters is 1. The molecule has 0 spiro atoms. The number of hydrogen-bond donors (Lipinski definition) is 1. The normalized spacial score (nSPS) is 12.5. The molecule has 4 nitrogen and oxygen atoms in total. The fourth-order valence-corrected chi connectivity index (χ4v) is 2.67. The molecule has 17 heavy (non-hydrogen) atoms. The first kappa shape index (κ1) is 14.1. The van der Waals surface area contributed by atoms with Crippen LogP contribution in [0.3, 0.4) is 0 Å². The largest absolute Gasteiger partial charge is 0.462 e. The van der Waals surface area contributed by atoms with Crippen molar-refractivity contribution >= 4 is 17.3 Å². The van der Waals surface area contributed by atoms with Crippen molar-refractivity contribution in [2.45, 2.75) is 33.1 Å². The van der Waals surface area contributed by atoms with Gasteiger partial charge in [0, 0.05) is 12.5 Å². The molecular formula is C12H20N2O2S. The van der Waals surface area contributed by atoms with Crippen molar-refractivity contribution < 1.29 is 9.53 Å². The maximum Gasteiger partial charge on any atom is 0.350 e. The summed E-state index contributed by atoms with van der Waals surface area (Å²) in [6.07, 6.45) is 0.761. The molecule has 0 aliphatic carbocycles. The van der Waals surface area contributed by atoms with Gasteiger partial charge in [0.05, 0.1) is 17.3 Å². The topological polar surface area (TPSA) is 51.2 Å². The monoisotopic (exact) mass is 256 g/mol. The zero-order valence-electron chi connectivity index (χ0n) is 10.9. The average molecular weight is 256 g/mol. The van der Waals surface area contributed by atoms with Gasteiger partial charge in [0.15, 0.2) is 0 Å². The van der Waals surface area contributed by atoms with E-state index in [1.807, 2.05) is 20.9 Å². The molecule has 1 unspecified atom stereocenters. The quantitative estimate of drug-likeness (QED) is 0.793. The molecule has 0 radical (unpaired) electrons. The van der Waals surface area contributed by atoms with Gasteiger partial charge in [0.1, 0.15) is 4.88 Å². The summed E-state index contributed by atoms with van der Waals surface area (Å²) in [6.45, 7) is 7.18. The van der Waals surface area contributed by atoms with Gasteiger partial charge >= 0.3 is 5.97 Å². The Morgan fingerprint density at radius 2 is 2.24 bits per heavy atom. The number of rotatable bonds is 6. The molecule has 1 aromatic heterocycles. The van der Waals surface area contributed by atoms with Gasteiger partial charge in [-0.05, 0) is 20.4 Å². The summed E-state index contributed by atoms with van der Waals surface area (Å²) in [5.74, 6) is 0.0724. The summed E-state index contributed by atoms with van der Waals surface area (Å²) in [6, 6.07) is 0. The second kappa shape index (κ2) is 6.71. The van der Waals surface area contributed by atoms with Crippen LogP contribution in [-0.4, -0.2) is 31.2 Å². The maximum atomic E-state index is 11.8. The number of likely N-dealkylation sites (N-methyl/N-ethyl adjacent to an activating group) is 1. The highest BCUT2D eigenvalue weighted by Gasteiger charge is 2.20. The van der Waals surface area contributed by atoms with Crippen molar-refractivity contribution in [1.82, 2.24) is 10.3 Å². The van der Waals surface area contributed by atoms with Gasteiger partial charge in [-0.15, -0.1) is 11.3 Å². The third-order valence-corrected chi connectivity index (χ3v) is 3.75. The molecule has 1 rings (SSSR count). The van der Waals surface area contributed by atoms with Crippen LogP contribution in [0.1, 0.15) is 47.1 Å². The van der Waals surface area contributed by atoms with Crippen LogP contribution in [0.2, 0.25) is 0 Å². The Morgan fingerprint density at radius 1 is 1.53 bits per heavy atom.